The molecule has 7 nitrogen and oxygen atoms in total. The first-order valence-corrected chi connectivity index (χ1v) is 12.4. The summed E-state index contributed by atoms with van der Waals surface area (Å²) in [6.07, 6.45) is 0.116. The molecule has 0 fully saturated rings. The summed E-state index contributed by atoms with van der Waals surface area (Å²) in [6.45, 7) is 7.85. The Bertz CT molecular complexity index is 995. The number of aliphatic hydroxyl groups excluding tert-OH is 1. The van der Waals surface area contributed by atoms with Crippen LogP contribution in [0, 0.1) is 11.7 Å². The van der Waals surface area contributed by atoms with E-state index in [1.54, 1.807) is 45.9 Å². The minimum atomic E-state index is -0.680. The Kier molecular flexibility index (Phi) is 11.6. The van der Waals surface area contributed by atoms with Crippen molar-refractivity contribution in [3.8, 4) is 11.1 Å². The Balaban J connectivity index is 2.23. The third kappa shape index (κ3) is 10.1. The van der Waals surface area contributed by atoms with E-state index in [1.165, 1.54) is 12.1 Å². The van der Waals surface area contributed by atoms with E-state index in [-0.39, 0.29) is 25.0 Å². The summed E-state index contributed by atoms with van der Waals surface area (Å²) in [4.78, 5) is 25.1. The molecule has 9 heteroatoms. The second-order valence-electron chi connectivity index (χ2n) is 9.48. The van der Waals surface area contributed by atoms with Crippen LogP contribution in [0.5, 0.6) is 0 Å². The molecule has 198 valence electrons. The van der Waals surface area contributed by atoms with Gasteiger partial charge in [0.15, 0.2) is 0 Å². The number of hydrogen-bond donors (Lipinski definition) is 3. The molecule has 0 spiro atoms. The van der Waals surface area contributed by atoms with Crippen LogP contribution in [0.15, 0.2) is 42.5 Å². The highest BCUT2D eigenvalue weighted by Crippen LogP contribution is 2.27. The first-order valence-electron chi connectivity index (χ1n) is 12.0. The average molecular weight is 523 g/mol. The van der Waals surface area contributed by atoms with Crippen LogP contribution >= 0.6 is 11.6 Å². The van der Waals surface area contributed by atoms with Crippen LogP contribution in [0.1, 0.15) is 39.7 Å². The highest BCUT2D eigenvalue weighted by molar-refractivity contribution is 6.30. The van der Waals surface area contributed by atoms with Crippen LogP contribution in [0.3, 0.4) is 0 Å². The van der Waals surface area contributed by atoms with Gasteiger partial charge < -0.3 is 25.2 Å². The molecule has 0 bridgehead atoms. The topological polar surface area (TPSA) is 96.9 Å². The first kappa shape index (κ1) is 29.5. The lowest BCUT2D eigenvalue weighted by atomic mass is 9.93. The van der Waals surface area contributed by atoms with Crippen molar-refractivity contribution in [3.05, 3.63) is 58.9 Å². The summed E-state index contributed by atoms with van der Waals surface area (Å²) in [7, 11) is 0. The molecule has 36 heavy (non-hydrogen) atoms. The van der Waals surface area contributed by atoms with E-state index >= 15 is 0 Å². The number of carbonyl (C=O) groups excluding carboxylic acids is 2. The SMILES string of the molecule is CCOC(=O)[C@H](CNCCO)C[C@@H](Cc1ccc(-c2cc(Cl)ccc2F)cc1)NC(=O)OC(C)(C)C. The lowest BCUT2D eigenvalue weighted by Gasteiger charge is -2.26. The van der Waals surface area contributed by atoms with Crippen molar-refractivity contribution in [2.24, 2.45) is 5.92 Å². The van der Waals surface area contributed by atoms with E-state index in [0.717, 1.165) is 5.56 Å². The fourth-order valence-corrected chi connectivity index (χ4v) is 3.89. The number of alkyl carbamates (subject to hydrolysis) is 1. The van der Waals surface area contributed by atoms with E-state index < -0.39 is 23.7 Å². The number of amides is 1. The summed E-state index contributed by atoms with van der Waals surface area (Å²) in [5, 5.41) is 15.4. The van der Waals surface area contributed by atoms with Gasteiger partial charge in [-0.05, 0) is 69.9 Å². The van der Waals surface area contributed by atoms with Gasteiger partial charge in [0.2, 0.25) is 0 Å². The summed E-state index contributed by atoms with van der Waals surface area (Å²) >= 11 is 6.03. The van der Waals surface area contributed by atoms with Crippen LogP contribution < -0.4 is 10.6 Å². The Morgan fingerprint density at radius 3 is 2.44 bits per heavy atom. The van der Waals surface area contributed by atoms with E-state index in [0.29, 0.717) is 42.1 Å². The first-order chi connectivity index (χ1) is 17.0. The largest absolute Gasteiger partial charge is 0.466 e. The van der Waals surface area contributed by atoms with Gasteiger partial charge in [0, 0.05) is 29.7 Å². The molecule has 2 aromatic carbocycles. The zero-order chi connectivity index (χ0) is 26.7. The highest BCUT2D eigenvalue weighted by atomic mass is 35.5. The zero-order valence-electron chi connectivity index (χ0n) is 21.3. The number of rotatable bonds is 12. The van der Waals surface area contributed by atoms with Crippen LogP contribution in [0.25, 0.3) is 11.1 Å². The molecule has 0 saturated carbocycles. The molecule has 0 aliphatic heterocycles. The molecule has 0 unspecified atom stereocenters. The van der Waals surface area contributed by atoms with E-state index in [9.17, 15) is 14.0 Å². The maximum atomic E-state index is 14.3. The maximum absolute atomic E-state index is 14.3. The average Bonchev–Trinajstić information content (AvgIpc) is 2.79. The van der Waals surface area contributed by atoms with Crippen molar-refractivity contribution in [2.75, 3.05) is 26.3 Å². The Morgan fingerprint density at radius 2 is 1.83 bits per heavy atom. The number of carbonyl (C=O) groups is 2. The lowest BCUT2D eigenvalue weighted by molar-refractivity contribution is -0.148. The van der Waals surface area contributed by atoms with Gasteiger partial charge in [-0.25, -0.2) is 9.18 Å². The Hall–Kier alpha value is -2.68. The van der Waals surface area contributed by atoms with Gasteiger partial charge in [-0.1, -0.05) is 35.9 Å². The number of halogens is 2. The van der Waals surface area contributed by atoms with Crippen LogP contribution in [0.4, 0.5) is 9.18 Å². The number of benzene rings is 2. The Morgan fingerprint density at radius 1 is 1.14 bits per heavy atom. The van der Waals surface area contributed by atoms with Crippen molar-refractivity contribution < 1.29 is 28.6 Å². The fourth-order valence-electron chi connectivity index (χ4n) is 3.71. The second kappa shape index (κ2) is 14.2. The van der Waals surface area contributed by atoms with Gasteiger partial charge in [-0.2, -0.15) is 0 Å². The molecule has 0 aromatic heterocycles. The standard InChI is InChI=1S/C27H36ClFN2O5/c1-5-35-25(33)20(17-30-12-13-32)15-22(31-26(34)36-27(2,3)4)14-18-6-8-19(9-7-18)23-16-21(28)10-11-24(23)29/h6-11,16,20,22,30,32H,5,12-15,17H2,1-4H3,(H,31,34)/t20-,22+/m0/s1. The predicted octanol–water partition coefficient (Wildman–Crippen LogP) is 4.73. The van der Waals surface area contributed by atoms with Crippen LogP contribution in [-0.2, 0) is 20.7 Å². The number of nitrogens with one attached hydrogen (secondary N) is 2. The van der Waals surface area contributed by atoms with Crippen molar-refractivity contribution in [1.82, 2.24) is 10.6 Å². The lowest BCUT2D eigenvalue weighted by Crippen LogP contribution is -2.43. The van der Waals surface area contributed by atoms with Crippen LogP contribution in [-0.4, -0.2) is 55.1 Å². The summed E-state index contributed by atoms with van der Waals surface area (Å²) in [5.74, 6) is -1.30. The van der Waals surface area contributed by atoms with Gasteiger partial charge in [-0.15, -0.1) is 0 Å². The molecular weight excluding hydrogens is 487 g/mol. The smallest absolute Gasteiger partial charge is 0.407 e. The van der Waals surface area contributed by atoms with Gasteiger partial charge in [0.1, 0.15) is 11.4 Å². The van der Waals surface area contributed by atoms with Crippen molar-refractivity contribution in [2.45, 2.75) is 52.2 Å². The van der Waals surface area contributed by atoms with E-state index in [2.05, 4.69) is 10.6 Å². The normalized spacial score (nSPS) is 13.1. The van der Waals surface area contributed by atoms with Crippen LogP contribution in [0.2, 0.25) is 5.02 Å². The van der Waals surface area contributed by atoms with Crippen molar-refractivity contribution in [1.29, 1.82) is 0 Å². The molecule has 2 atom stereocenters. The third-order valence-corrected chi connectivity index (χ3v) is 5.50. The maximum Gasteiger partial charge on any atom is 0.407 e. The van der Waals surface area contributed by atoms with E-state index in [4.69, 9.17) is 26.2 Å². The molecule has 2 rings (SSSR count). The molecule has 0 aliphatic rings. The second-order valence-corrected chi connectivity index (χ2v) is 9.92. The summed E-state index contributed by atoms with van der Waals surface area (Å²) < 4.78 is 24.9. The molecule has 0 radical (unpaired) electrons. The third-order valence-electron chi connectivity index (χ3n) is 5.26. The molecule has 0 saturated heterocycles. The molecule has 1 amide bonds. The van der Waals surface area contributed by atoms with E-state index in [1.807, 2.05) is 12.1 Å². The van der Waals surface area contributed by atoms with Gasteiger partial charge in [0.05, 0.1) is 19.1 Å². The quantitative estimate of drug-likeness (QED) is 0.275. The summed E-state index contributed by atoms with van der Waals surface area (Å²) in [6, 6.07) is 11.2. The Labute approximate surface area is 217 Å². The number of ether oxygens (including phenoxy) is 2. The molecular formula is C27H36ClFN2O5. The zero-order valence-corrected chi connectivity index (χ0v) is 22.0. The highest BCUT2D eigenvalue weighted by Gasteiger charge is 2.27. The number of hydrogen-bond acceptors (Lipinski definition) is 6. The van der Waals surface area contributed by atoms with Gasteiger partial charge in [-0.3, -0.25) is 4.79 Å². The predicted molar refractivity (Wildman–Crippen MR) is 138 cm³/mol. The minimum absolute atomic E-state index is 0.0608. The molecule has 0 heterocycles. The van der Waals surface area contributed by atoms with Gasteiger partial charge in [0.25, 0.3) is 0 Å². The molecule has 2 aromatic rings. The molecule has 3 N–H and O–H groups in total. The monoisotopic (exact) mass is 522 g/mol. The minimum Gasteiger partial charge on any atom is -0.466 e. The van der Waals surface area contributed by atoms with Gasteiger partial charge >= 0.3 is 12.1 Å². The fraction of sp³-hybridized carbons (Fsp3) is 0.481. The summed E-state index contributed by atoms with van der Waals surface area (Å²) in [5.41, 5.74) is 1.27. The van der Waals surface area contributed by atoms with Crippen molar-refractivity contribution in [3.63, 3.8) is 0 Å². The van der Waals surface area contributed by atoms with Crippen molar-refractivity contribution >= 4 is 23.7 Å². The number of esters is 1. The number of aliphatic hydroxyl groups is 1. The molecule has 0 aliphatic carbocycles.